The molecular weight excluding hydrogens is 1190 g/mol. The van der Waals surface area contributed by atoms with Gasteiger partial charge in [-0.05, 0) is 68.5 Å². The first kappa shape index (κ1) is 71.4. The van der Waals surface area contributed by atoms with Crippen molar-refractivity contribution < 1.29 is 86.8 Å². The van der Waals surface area contributed by atoms with E-state index in [2.05, 4.69) is 39.7 Å². The van der Waals surface area contributed by atoms with Gasteiger partial charge in [-0.2, -0.15) is 0 Å². The van der Waals surface area contributed by atoms with Crippen molar-refractivity contribution in [3.8, 4) is 23.0 Å². The molecule has 9 unspecified atom stereocenters. The number of aromatic hydroxyl groups is 2. The Balaban J connectivity index is 1.19. The predicted octanol–water partition coefficient (Wildman–Crippen LogP) is 8.96. The number of piperidine rings is 1. The van der Waals surface area contributed by atoms with Gasteiger partial charge in [-0.1, -0.05) is 78.3 Å². The summed E-state index contributed by atoms with van der Waals surface area (Å²) in [6.45, 7) is 21.5. The van der Waals surface area contributed by atoms with E-state index in [1.54, 1.807) is 69.0 Å². The number of phenolic OH excluding ortho intramolecular Hbond substituents is 2. The number of hydrogen-bond acceptors (Lipinski definition) is 23. The molecule has 8 rings (SSSR count). The third kappa shape index (κ3) is 17.5. The van der Waals surface area contributed by atoms with Crippen LogP contribution >= 0.6 is 0 Å². The second kappa shape index (κ2) is 32.0. The first-order chi connectivity index (χ1) is 43.7. The Labute approximate surface area is 538 Å². The number of allylic oxidation sites excluding steroid dienone is 2. The van der Waals surface area contributed by atoms with E-state index in [-0.39, 0.29) is 71.9 Å². The lowest BCUT2D eigenvalue weighted by Crippen LogP contribution is -2.52. The molecule has 5 aliphatic heterocycles. The van der Waals surface area contributed by atoms with E-state index in [1.807, 2.05) is 19.9 Å². The lowest BCUT2D eigenvalue weighted by atomic mass is 9.78. The maximum atomic E-state index is 15.1. The number of methoxy groups -OCH3 is 1. The number of ether oxygens (including phenoxy) is 8. The van der Waals surface area contributed by atoms with Gasteiger partial charge in [0.05, 0.1) is 53.3 Å². The molecule has 1 amide bonds. The van der Waals surface area contributed by atoms with Crippen LogP contribution in [0.1, 0.15) is 123 Å². The summed E-state index contributed by atoms with van der Waals surface area (Å²) in [7, 11) is 1.44. The van der Waals surface area contributed by atoms with Crippen molar-refractivity contribution in [2.24, 2.45) is 40.5 Å². The minimum Gasteiger partial charge on any atom is -0.507 e. The first-order valence-corrected chi connectivity index (χ1v) is 31.6. The number of aliphatic hydroxyl groups is 1. The van der Waals surface area contributed by atoms with E-state index < -0.39 is 101 Å². The van der Waals surface area contributed by atoms with Gasteiger partial charge in [-0.15, -0.1) is 0 Å². The van der Waals surface area contributed by atoms with Crippen molar-refractivity contribution in [3.63, 3.8) is 0 Å². The Hall–Kier alpha value is -8.06. The number of fused-ring (bicyclic) bond motifs is 14. The number of anilines is 2. The molecule has 1 saturated heterocycles. The van der Waals surface area contributed by atoms with E-state index in [4.69, 9.17) is 37.9 Å². The second-order valence-corrected chi connectivity index (χ2v) is 25.3. The quantitative estimate of drug-likeness (QED) is 0.0117. The van der Waals surface area contributed by atoms with Crippen molar-refractivity contribution in [2.75, 3.05) is 70.2 Å². The lowest BCUT2D eigenvalue weighted by Gasteiger charge is -2.40. The van der Waals surface area contributed by atoms with Crippen molar-refractivity contribution in [1.29, 1.82) is 0 Å². The summed E-state index contributed by atoms with van der Waals surface area (Å²) < 4.78 is 47.5. The molecule has 502 valence electrons. The number of benzene rings is 3. The highest BCUT2D eigenvalue weighted by atomic mass is 16.7. The number of amides is 1. The topological polar surface area (TPSA) is 309 Å². The third-order valence-corrected chi connectivity index (χ3v) is 17.5. The van der Waals surface area contributed by atoms with Crippen LogP contribution in [0.25, 0.3) is 10.8 Å². The summed E-state index contributed by atoms with van der Waals surface area (Å²) in [6.07, 6.45) is 8.24. The molecule has 3 aromatic rings. The van der Waals surface area contributed by atoms with E-state index in [9.17, 15) is 44.1 Å². The number of aliphatic hydroxyl groups excluding tert-OH is 1. The van der Waals surface area contributed by atoms with E-state index in [1.165, 1.54) is 46.6 Å². The minimum atomic E-state index is -2.00. The van der Waals surface area contributed by atoms with E-state index in [0.717, 1.165) is 25.2 Å². The zero-order chi connectivity index (χ0) is 67.2. The number of aldehydes is 2. The normalized spacial score (nSPS) is 24.2. The van der Waals surface area contributed by atoms with Crippen LogP contribution in [0, 0.1) is 42.4 Å². The highest BCUT2D eigenvalue weighted by Gasteiger charge is 2.52. The van der Waals surface area contributed by atoms with Gasteiger partial charge in [-0.25, -0.2) is 9.79 Å². The van der Waals surface area contributed by atoms with E-state index >= 15 is 4.79 Å². The number of likely N-dealkylation sites (tertiary alicyclic amines) is 1. The van der Waals surface area contributed by atoms with Gasteiger partial charge in [0.15, 0.2) is 12.2 Å². The molecule has 5 aliphatic rings. The maximum absolute atomic E-state index is 15.1. The first-order valence-electron chi connectivity index (χ1n) is 31.6. The Morgan fingerprint density at radius 3 is 2.23 bits per heavy atom. The number of esters is 3. The number of aliphatic imine (C=N–C) groups is 1. The molecule has 5 heterocycles. The van der Waals surface area contributed by atoms with Crippen LogP contribution in [0.3, 0.4) is 0 Å². The minimum absolute atomic E-state index is 0.0227. The van der Waals surface area contributed by atoms with Crippen LogP contribution in [0.4, 0.5) is 21.9 Å². The molecule has 92 heavy (non-hydrogen) atoms. The second-order valence-electron chi connectivity index (χ2n) is 25.3. The van der Waals surface area contributed by atoms with Crippen LogP contribution in [0.2, 0.25) is 0 Å². The zero-order valence-electron chi connectivity index (χ0n) is 54.9. The predicted molar refractivity (Wildman–Crippen MR) is 344 cm³/mol. The van der Waals surface area contributed by atoms with Crippen molar-refractivity contribution >= 4 is 76.6 Å². The fourth-order valence-electron chi connectivity index (χ4n) is 12.5. The summed E-state index contributed by atoms with van der Waals surface area (Å²) in [5, 5.41) is 47.1. The summed E-state index contributed by atoms with van der Waals surface area (Å²) in [5.74, 6) is -7.93. The molecule has 24 heteroatoms. The number of nitrogens with one attached hydrogen (secondary N) is 3. The van der Waals surface area contributed by atoms with Crippen LogP contribution in [0.5, 0.6) is 23.0 Å². The number of Topliss-reactive ketones (excluding diaryl/α,β-unsaturated/α-hetero) is 1. The monoisotopic (exact) mass is 1280 g/mol. The number of rotatable bonds is 20. The Kier molecular flexibility index (Phi) is 24.8. The average molecular weight is 1280 g/mol. The van der Waals surface area contributed by atoms with Crippen LogP contribution < -0.4 is 25.4 Å². The van der Waals surface area contributed by atoms with Gasteiger partial charge in [0, 0.05) is 108 Å². The molecule has 0 aromatic heterocycles. The molecule has 1 spiro atoms. The number of phenols is 2. The highest BCUT2D eigenvalue weighted by molar-refractivity contribution is 6.25. The molecule has 5 bridgehead atoms. The number of ketones is 1. The van der Waals surface area contributed by atoms with Gasteiger partial charge in [0.2, 0.25) is 0 Å². The van der Waals surface area contributed by atoms with Gasteiger partial charge in [0.25, 0.3) is 5.78 Å². The number of carbonyl (C=O) groups excluding carboxylic acids is 7. The van der Waals surface area contributed by atoms with Crippen molar-refractivity contribution in [1.82, 2.24) is 15.1 Å². The molecule has 0 aliphatic carbocycles. The SMILES string of the molecule is COC1C=COC2(C)Oc3c(C)c(O)c4c(O)c(c5c(c4c3C2=O)NC2(CCN(CC(C)C)CC2)N5)N=COCC(C)=CC=CC(C)C(OC(=O)CN(CCCCC(C=O)C=O)CCNC(=O)OCc2ccc(OC(C)=O)cc2)C(C)C(O)C(C)C(OC(C)=O)C1C. The third-order valence-electron chi connectivity index (χ3n) is 17.5. The van der Waals surface area contributed by atoms with Crippen molar-refractivity contribution in [3.05, 3.63) is 77.1 Å². The van der Waals surface area contributed by atoms with Crippen molar-refractivity contribution in [2.45, 2.75) is 151 Å². The Bertz CT molecular complexity index is 3260. The summed E-state index contributed by atoms with van der Waals surface area (Å²) >= 11 is 0. The van der Waals surface area contributed by atoms with Crippen LogP contribution in [0.15, 0.2) is 65.4 Å². The van der Waals surface area contributed by atoms with E-state index in [0.29, 0.717) is 79.8 Å². The highest BCUT2D eigenvalue weighted by Crippen LogP contribution is 2.60. The number of alkyl carbamates (subject to hydrolysis) is 1. The smallest absolute Gasteiger partial charge is 0.407 e. The zero-order valence-corrected chi connectivity index (χ0v) is 54.9. The molecule has 0 radical (unpaired) electrons. The Morgan fingerprint density at radius 2 is 1.58 bits per heavy atom. The van der Waals surface area contributed by atoms with Crippen LogP contribution in [-0.4, -0.2) is 169 Å². The fourth-order valence-corrected chi connectivity index (χ4v) is 12.5. The summed E-state index contributed by atoms with van der Waals surface area (Å²) in [4.78, 5) is 98.3. The summed E-state index contributed by atoms with van der Waals surface area (Å²) in [6, 6.07) is 6.46. The average Bonchev–Trinajstić information content (AvgIpc) is 1.51. The van der Waals surface area contributed by atoms with Gasteiger partial charge in [-0.3, -0.25) is 24.1 Å². The van der Waals surface area contributed by atoms with Crippen LogP contribution in [-0.2, 0) is 59.0 Å². The fraction of sp³-hybridized carbons (Fsp3) is 0.559. The number of nitrogens with zero attached hydrogens (tertiary/aromatic N) is 3. The molecule has 3 aromatic carbocycles. The Morgan fingerprint density at radius 1 is 0.891 bits per heavy atom. The molecule has 9 atom stereocenters. The maximum Gasteiger partial charge on any atom is 0.407 e. The largest absolute Gasteiger partial charge is 0.507 e. The number of unbranched alkanes of at least 4 members (excludes halogenated alkanes) is 1. The molecule has 1 fully saturated rings. The number of hydrogen-bond donors (Lipinski definition) is 6. The number of carbonyl (C=O) groups is 7. The molecule has 0 saturated carbocycles. The van der Waals surface area contributed by atoms with Gasteiger partial charge >= 0.3 is 29.8 Å². The molecule has 6 N–H and O–H groups in total. The summed E-state index contributed by atoms with van der Waals surface area (Å²) in [5.41, 5.74) is 1.82. The lowest BCUT2D eigenvalue weighted by molar-refractivity contribution is -0.166. The standard InChI is InChI=1S/C68H92N6O18/c1-39(2)32-74-28-24-68(25-29-74)71-56-53-54-60(81)45(8)64-55(53)65(83)67(11,92-64)88-31-23-51(85-12)42(5)63(90-47(10)78)44(7)59(80)43(6)62(41(4)17-15-16-40(3)36-86-38-70-58(61(54)82)57(56)72-68)91-52(79)33-73(27-14-13-18-49(34-75)35-76)30-26-69-66(84)87-37-48-19-21-50(22-20-48)89-46(9)77/h15-17,19-23,31,34-35,38-39,41-44,49,51,59,62-63,71-72,80-82H,13-14,18,24-30,32-33,36-37H2,1-12H3,(H,69,84). The molecular formula is C68H92N6O18. The van der Waals surface area contributed by atoms with Gasteiger partial charge in [0.1, 0.15) is 66.6 Å². The molecule has 24 nitrogen and oxygen atoms in total. The van der Waals surface area contributed by atoms with Gasteiger partial charge < -0.3 is 83.7 Å².